The average molecular weight is 518 g/mol. The quantitative estimate of drug-likeness (QED) is 0.504. The van der Waals surface area contributed by atoms with Crippen LogP contribution in [0.5, 0.6) is 5.75 Å². The predicted molar refractivity (Wildman–Crippen MR) is 127 cm³/mol. The fraction of sp³-hybridized carbons (Fsp3) is 0.174. The summed E-state index contributed by atoms with van der Waals surface area (Å²) in [7, 11) is 1.29. The van der Waals surface area contributed by atoms with Crippen LogP contribution in [0.1, 0.15) is 12.5 Å². The van der Waals surface area contributed by atoms with Crippen LogP contribution in [0.3, 0.4) is 0 Å². The van der Waals surface area contributed by atoms with E-state index in [1.165, 1.54) is 18.9 Å². The second-order valence-corrected chi connectivity index (χ2v) is 8.25. The van der Waals surface area contributed by atoms with Gasteiger partial charge in [0.25, 0.3) is 0 Å². The molecular formula is C23H20BrNO6S. The lowest BCUT2D eigenvalue weighted by Crippen LogP contribution is -2.12. The van der Waals surface area contributed by atoms with Crippen LogP contribution < -0.4 is 4.74 Å². The summed E-state index contributed by atoms with van der Waals surface area (Å²) >= 11 is 4.59. The monoisotopic (exact) mass is 517 g/mol. The molecule has 2 aromatic carbocycles. The number of halogens is 1. The normalized spacial score (nSPS) is 15.8. The average Bonchev–Trinajstić information content (AvgIpc) is 3.08. The van der Waals surface area contributed by atoms with Gasteiger partial charge in [-0.25, -0.2) is 14.6 Å². The molecule has 0 radical (unpaired) electrons. The van der Waals surface area contributed by atoms with Crippen molar-refractivity contribution in [1.29, 1.82) is 0 Å². The summed E-state index contributed by atoms with van der Waals surface area (Å²) < 4.78 is 15.7. The molecule has 1 aliphatic heterocycles. The zero-order valence-electron chi connectivity index (χ0n) is 17.3. The highest BCUT2D eigenvalue weighted by Gasteiger charge is 2.33. The van der Waals surface area contributed by atoms with Crippen molar-refractivity contribution >= 4 is 56.4 Å². The first-order valence-electron chi connectivity index (χ1n) is 9.56. The maximum absolute atomic E-state index is 12.5. The van der Waals surface area contributed by atoms with Crippen molar-refractivity contribution in [1.82, 2.24) is 0 Å². The predicted octanol–water partition coefficient (Wildman–Crippen LogP) is 5.19. The summed E-state index contributed by atoms with van der Waals surface area (Å²) in [4.78, 5) is 28.7. The largest absolute Gasteiger partial charge is 0.506 e. The molecule has 0 unspecified atom stereocenters. The minimum atomic E-state index is -0.636. The Labute approximate surface area is 197 Å². The number of ether oxygens (including phenoxy) is 3. The number of nitrogens with zero attached hydrogens (tertiary/aromatic N) is 1. The molecule has 1 N–H and O–H groups in total. The van der Waals surface area contributed by atoms with Gasteiger partial charge >= 0.3 is 11.9 Å². The molecule has 0 amide bonds. The van der Waals surface area contributed by atoms with E-state index >= 15 is 0 Å². The van der Waals surface area contributed by atoms with Gasteiger partial charge in [0.2, 0.25) is 0 Å². The number of benzene rings is 2. The number of para-hydroxylation sites is 1. The van der Waals surface area contributed by atoms with Gasteiger partial charge in [-0.2, -0.15) is 0 Å². The molecule has 0 atom stereocenters. The standard InChI is InChI=1S/C23H20BrNO6S/c1-3-30-23(28)20-21(27)18(32-22(20)25-15-7-5-4-6-8-15)12-14-9-10-17(16(24)11-14)31-13-19(26)29-2/h4-12,27H,3,13H2,1-2H3/b18-12-,25-22?. The summed E-state index contributed by atoms with van der Waals surface area (Å²) in [6.45, 7) is 1.67. The Morgan fingerprint density at radius 1 is 1.19 bits per heavy atom. The minimum Gasteiger partial charge on any atom is -0.506 e. The number of carbonyl (C=O) groups excluding carboxylic acids is 2. The fourth-order valence-corrected chi connectivity index (χ4v) is 4.23. The number of hydrogen-bond acceptors (Lipinski definition) is 8. The van der Waals surface area contributed by atoms with Gasteiger partial charge in [0.1, 0.15) is 22.1 Å². The molecule has 0 aromatic heterocycles. The second kappa shape index (κ2) is 11.0. The van der Waals surface area contributed by atoms with Gasteiger partial charge in [-0.3, -0.25) is 0 Å². The third-order valence-corrected chi connectivity index (χ3v) is 5.82. The van der Waals surface area contributed by atoms with Crippen LogP contribution in [0.2, 0.25) is 0 Å². The van der Waals surface area contributed by atoms with Crippen LogP contribution in [0.15, 0.2) is 74.2 Å². The molecule has 32 heavy (non-hydrogen) atoms. The van der Waals surface area contributed by atoms with E-state index in [-0.39, 0.29) is 24.5 Å². The van der Waals surface area contributed by atoms with E-state index in [1.807, 2.05) is 18.2 Å². The van der Waals surface area contributed by atoms with Crippen LogP contribution in [0.25, 0.3) is 6.08 Å². The van der Waals surface area contributed by atoms with Gasteiger partial charge in [-0.15, -0.1) is 0 Å². The first kappa shape index (κ1) is 23.6. The topological polar surface area (TPSA) is 94.4 Å². The zero-order valence-corrected chi connectivity index (χ0v) is 19.7. The van der Waals surface area contributed by atoms with Crippen molar-refractivity contribution in [3.8, 4) is 5.75 Å². The lowest BCUT2D eigenvalue weighted by Gasteiger charge is -2.08. The molecule has 1 aliphatic rings. The number of rotatable bonds is 7. The maximum Gasteiger partial charge on any atom is 0.344 e. The van der Waals surface area contributed by atoms with E-state index in [0.29, 0.717) is 25.9 Å². The molecule has 0 saturated carbocycles. The van der Waals surface area contributed by atoms with E-state index in [2.05, 4.69) is 25.7 Å². The molecule has 7 nitrogen and oxygen atoms in total. The Morgan fingerprint density at radius 2 is 1.94 bits per heavy atom. The summed E-state index contributed by atoms with van der Waals surface area (Å²) in [6, 6.07) is 14.4. The SMILES string of the molecule is CCOC(=O)C1=C(O)/C(=C/c2ccc(OCC(=O)OC)c(Br)c2)SC1=Nc1ccccc1. The van der Waals surface area contributed by atoms with Crippen LogP contribution in [-0.4, -0.2) is 42.4 Å². The summed E-state index contributed by atoms with van der Waals surface area (Å²) in [5.41, 5.74) is 1.42. The van der Waals surface area contributed by atoms with E-state index < -0.39 is 11.9 Å². The summed E-state index contributed by atoms with van der Waals surface area (Å²) in [5.74, 6) is -0.847. The first-order valence-corrected chi connectivity index (χ1v) is 11.2. The number of hydrogen-bond donors (Lipinski definition) is 1. The Morgan fingerprint density at radius 3 is 2.59 bits per heavy atom. The number of aliphatic hydroxyl groups excluding tert-OH is 1. The molecule has 2 aromatic rings. The highest BCUT2D eigenvalue weighted by molar-refractivity contribution is 9.10. The fourth-order valence-electron chi connectivity index (χ4n) is 2.68. The molecule has 0 fully saturated rings. The van der Waals surface area contributed by atoms with Gasteiger partial charge in [0.15, 0.2) is 6.61 Å². The Balaban J connectivity index is 1.91. The van der Waals surface area contributed by atoms with E-state index in [4.69, 9.17) is 9.47 Å². The van der Waals surface area contributed by atoms with E-state index in [1.54, 1.807) is 43.3 Å². The zero-order chi connectivity index (χ0) is 23.1. The van der Waals surface area contributed by atoms with Crippen molar-refractivity contribution in [3.05, 3.63) is 74.8 Å². The second-order valence-electron chi connectivity index (χ2n) is 6.36. The summed E-state index contributed by atoms with van der Waals surface area (Å²) in [5, 5.41) is 11.1. The molecule has 1 heterocycles. The van der Waals surface area contributed by atoms with Gasteiger partial charge in [-0.05, 0) is 58.8 Å². The lowest BCUT2D eigenvalue weighted by atomic mass is 10.1. The van der Waals surface area contributed by atoms with Gasteiger partial charge < -0.3 is 19.3 Å². The van der Waals surface area contributed by atoms with Crippen LogP contribution in [0.4, 0.5) is 5.69 Å². The minimum absolute atomic E-state index is 0.0315. The Bertz CT molecular complexity index is 1110. The van der Waals surface area contributed by atoms with Crippen molar-refractivity contribution in [2.75, 3.05) is 20.3 Å². The number of thioether (sulfide) groups is 1. The third kappa shape index (κ3) is 5.80. The Hall–Kier alpha value is -3.04. The summed E-state index contributed by atoms with van der Waals surface area (Å²) in [6.07, 6.45) is 1.72. The van der Waals surface area contributed by atoms with Crippen LogP contribution in [-0.2, 0) is 19.1 Å². The number of aliphatic imine (C=N–C) groups is 1. The van der Waals surface area contributed by atoms with E-state index in [9.17, 15) is 14.7 Å². The highest BCUT2D eigenvalue weighted by Crippen LogP contribution is 2.40. The van der Waals surface area contributed by atoms with Gasteiger partial charge in [0.05, 0.1) is 28.8 Å². The highest BCUT2D eigenvalue weighted by atomic mass is 79.9. The van der Waals surface area contributed by atoms with Crippen LogP contribution >= 0.6 is 27.7 Å². The number of aliphatic hydroxyl groups is 1. The molecule has 9 heteroatoms. The molecule has 3 rings (SSSR count). The molecule has 166 valence electrons. The third-order valence-electron chi connectivity index (χ3n) is 4.18. The number of esters is 2. The lowest BCUT2D eigenvalue weighted by molar-refractivity contribution is -0.143. The molecule has 0 aliphatic carbocycles. The van der Waals surface area contributed by atoms with Crippen molar-refractivity contribution in [2.45, 2.75) is 6.92 Å². The van der Waals surface area contributed by atoms with Gasteiger partial charge in [0, 0.05) is 0 Å². The van der Waals surface area contributed by atoms with Crippen molar-refractivity contribution < 1.29 is 28.9 Å². The smallest absolute Gasteiger partial charge is 0.344 e. The molecule has 0 saturated heterocycles. The van der Waals surface area contributed by atoms with E-state index in [0.717, 1.165) is 5.56 Å². The van der Waals surface area contributed by atoms with Crippen molar-refractivity contribution in [2.24, 2.45) is 4.99 Å². The van der Waals surface area contributed by atoms with Gasteiger partial charge in [-0.1, -0.05) is 36.0 Å². The molecular weight excluding hydrogens is 498 g/mol. The van der Waals surface area contributed by atoms with Crippen LogP contribution in [0, 0.1) is 0 Å². The number of methoxy groups -OCH3 is 1. The molecule has 0 spiro atoms. The molecule has 0 bridgehead atoms. The van der Waals surface area contributed by atoms with Crippen molar-refractivity contribution in [3.63, 3.8) is 0 Å². The Kier molecular flexibility index (Phi) is 8.13. The number of carbonyl (C=O) groups is 2. The first-order chi connectivity index (χ1) is 15.4. The maximum atomic E-state index is 12.5.